The van der Waals surface area contributed by atoms with Crippen molar-refractivity contribution in [3.8, 4) is 0 Å². The molecule has 1 aliphatic carbocycles. The second-order valence-electron chi connectivity index (χ2n) is 4.87. The number of hydrogen-bond donors (Lipinski definition) is 1. The van der Waals surface area contributed by atoms with Crippen LogP contribution in [0.4, 0.5) is 0 Å². The Bertz CT molecular complexity index is 236. The normalized spacial score (nSPS) is 24.7. The Hall–Kier alpha value is -0.150. The third-order valence-electron chi connectivity index (χ3n) is 3.50. The second-order valence-corrected chi connectivity index (χ2v) is 6.20. The van der Waals surface area contributed by atoms with E-state index in [2.05, 4.69) is 11.8 Å². The van der Waals surface area contributed by atoms with E-state index in [1.807, 2.05) is 6.26 Å². The maximum Gasteiger partial charge on any atom is 0.0876 e. The lowest BCUT2D eigenvalue weighted by Gasteiger charge is -2.24. The van der Waals surface area contributed by atoms with E-state index < -0.39 is 0 Å². The summed E-state index contributed by atoms with van der Waals surface area (Å²) in [5, 5.41) is 0.866. The Morgan fingerprint density at radius 2 is 2.12 bits per heavy atom. The Kier molecular flexibility index (Phi) is 5.04. The van der Waals surface area contributed by atoms with Crippen molar-refractivity contribution in [1.82, 2.24) is 0 Å². The molecule has 0 aromatic carbocycles. The van der Waals surface area contributed by atoms with E-state index in [4.69, 9.17) is 10.5 Å². The van der Waals surface area contributed by atoms with Crippen molar-refractivity contribution in [1.29, 1.82) is 0 Å². The molecular formula is C13H23NOS. The molecule has 16 heavy (non-hydrogen) atoms. The van der Waals surface area contributed by atoms with Gasteiger partial charge in [-0.05, 0) is 31.3 Å². The van der Waals surface area contributed by atoms with Crippen molar-refractivity contribution in [3.63, 3.8) is 0 Å². The van der Waals surface area contributed by atoms with Crippen LogP contribution in [0.15, 0.2) is 11.8 Å². The molecule has 1 saturated carbocycles. The molecule has 3 heteroatoms. The highest BCUT2D eigenvalue weighted by molar-refractivity contribution is 7.99. The average molecular weight is 241 g/mol. The van der Waals surface area contributed by atoms with E-state index in [0.29, 0.717) is 0 Å². The van der Waals surface area contributed by atoms with Crippen LogP contribution >= 0.6 is 11.8 Å². The van der Waals surface area contributed by atoms with Gasteiger partial charge in [0.05, 0.1) is 12.9 Å². The van der Waals surface area contributed by atoms with E-state index in [-0.39, 0.29) is 6.04 Å². The highest BCUT2D eigenvalue weighted by Crippen LogP contribution is 2.29. The van der Waals surface area contributed by atoms with Gasteiger partial charge in [0.15, 0.2) is 0 Å². The average Bonchev–Trinajstić information content (AvgIpc) is 2.38. The maximum absolute atomic E-state index is 6.20. The van der Waals surface area contributed by atoms with Gasteiger partial charge >= 0.3 is 0 Å². The van der Waals surface area contributed by atoms with Crippen LogP contribution in [0, 0.1) is 0 Å². The molecule has 0 bridgehead atoms. The summed E-state index contributed by atoms with van der Waals surface area (Å²) in [5.41, 5.74) is 7.51. The first-order valence-electron chi connectivity index (χ1n) is 6.54. The standard InChI is InChI=1S/C13H23NOS/c14-13(11-5-4-8-15-9-11)10-16-12-6-2-1-3-7-12/h9,12-13H,1-8,10,14H2. The second kappa shape index (κ2) is 6.55. The zero-order valence-electron chi connectivity index (χ0n) is 9.99. The lowest BCUT2D eigenvalue weighted by molar-refractivity contribution is 0.222. The number of ether oxygens (including phenoxy) is 1. The summed E-state index contributed by atoms with van der Waals surface area (Å²) in [5.74, 6) is 1.07. The zero-order chi connectivity index (χ0) is 11.2. The van der Waals surface area contributed by atoms with Gasteiger partial charge in [0.1, 0.15) is 0 Å². The van der Waals surface area contributed by atoms with E-state index in [1.165, 1.54) is 37.7 Å². The summed E-state index contributed by atoms with van der Waals surface area (Å²) in [6.45, 7) is 0.867. The predicted molar refractivity (Wildman–Crippen MR) is 70.6 cm³/mol. The topological polar surface area (TPSA) is 35.2 Å². The van der Waals surface area contributed by atoms with Gasteiger partial charge in [-0.2, -0.15) is 11.8 Å². The molecule has 0 aromatic rings. The van der Waals surface area contributed by atoms with Crippen LogP contribution in [0.25, 0.3) is 0 Å². The largest absolute Gasteiger partial charge is 0.501 e. The summed E-state index contributed by atoms with van der Waals surface area (Å²) in [7, 11) is 0. The molecule has 0 aromatic heterocycles. The summed E-state index contributed by atoms with van der Waals surface area (Å²) in [4.78, 5) is 0. The molecule has 2 rings (SSSR count). The fourth-order valence-corrected chi connectivity index (χ4v) is 3.80. The van der Waals surface area contributed by atoms with E-state index in [9.17, 15) is 0 Å². The molecule has 0 amide bonds. The van der Waals surface area contributed by atoms with Crippen LogP contribution in [-0.4, -0.2) is 23.7 Å². The molecule has 92 valence electrons. The first kappa shape index (κ1) is 12.3. The Morgan fingerprint density at radius 3 is 2.81 bits per heavy atom. The molecule has 1 heterocycles. The van der Waals surface area contributed by atoms with Crippen molar-refractivity contribution in [3.05, 3.63) is 11.8 Å². The van der Waals surface area contributed by atoms with Gasteiger partial charge in [-0.25, -0.2) is 0 Å². The molecule has 2 aliphatic rings. The number of hydrogen-bond acceptors (Lipinski definition) is 3. The quantitative estimate of drug-likeness (QED) is 0.821. The smallest absolute Gasteiger partial charge is 0.0876 e. The third-order valence-corrected chi connectivity index (χ3v) is 5.00. The molecule has 0 radical (unpaired) electrons. The number of rotatable bonds is 4. The summed E-state index contributed by atoms with van der Waals surface area (Å²) in [6.07, 6.45) is 11.2. The summed E-state index contributed by atoms with van der Waals surface area (Å²) < 4.78 is 5.34. The van der Waals surface area contributed by atoms with Crippen molar-refractivity contribution >= 4 is 11.8 Å². The van der Waals surface area contributed by atoms with Crippen molar-refractivity contribution < 1.29 is 4.74 Å². The molecule has 1 fully saturated rings. The fourth-order valence-electron chi connectivity index (χ4n) is 2.44. The van der Waals surface area contributed by atoms with Gasteiger partial charge < -0.3 is 10.5 Å². The van der Waals surface area contributed by atoms with E-state index >= 15 is 0 Å². The third kappa shape index (κ3) is 3.70. The minimum Gasteiger partial charge on any atom is -0.501 e. The highest BCUT2D eigenvalue weighted by Gasteiger charge is 2.18. The van der Waals surface area contributed by atoms with Crippen LogP contribution in [-0.2, 0) is 4.74 Å². The first-order chi connectivity index (χ1) is 7.86. The van der Waals surface area contributed by atoms with Gasteiger partial charge in [0, 0.05) is 17.0 Å². The van der Waals surface area contributed by atoms with Crippen LogP contribution in [0.1, 0.15) is 44.9 Å². The van der Waals surface area contributed by atoms with Gasteiger partial charge in [0.2, 0.25) is 0 Å². The Morgan fingerprint density at radius 1 is 1.31 bits per heavy atom. The number of thioether (sulfide) groups is 1. The Balaban J connectivity index is 1.69. The van der Waals surface area contributed by atoms with Gasteiger partial charge in [-0.1, -0.05) is 19.3 Å². The van der Waals surface area contributed by atoms with Gasteiger partial charge in [-0.15, -0.1) is 0 Å². The van der Waals surface area contributed by atoms with Crippen LogP contribution < -0.4 is 5.73 Å². The molecule has 2 nitrogen and oxygen atoms in total. The molecular weight excluding hydrogens is 218 g/mol. The minimum atomic E-state index is 0.215. The molecule has 0 saturated heterocycles. The summed E-state index contributed by atoms with van der Waals surface area (Å²) >= 11 is 2.08. The SMILES string of the molecule is NC(CSC1CCCCC1)C1=COCCC1. The minimum absolute atomic E-state index is 0.215. The van der Waals surface area contributed by atoms with Crippen molar-refractivity contribution in [2.45, 2.75) is 56.2 Å². The van der Waals surface area contributed by atoms with Crippen molar-refractivity contribution in [2.75, 3.05) is 12.4 Å². The lowest BCUT2D eigenvalue weighted by atomic mass is 10.0. The van der Waals surface area contributed by atoms with E-state index in [0.717, 1.165) is 30.5 Å². The zero-order valence-corrected chi connectivity index (χ0v) is 10.8. The van der Waals surface area contributed by atoms with Crippen molar-refractivity contribution in [2.24, 2.45) is 5.73 Å². The molecule has 0 spiro atoms. The molecule has 1 unspecified atom stereocenters. The monoisotopic (exact) mass is 241 g/mol. The molecule has 2 N–H and O–H groups in total. The summed E-state index contributed by atoms with van der Waals surface area (Å²) in [6, 6.07) is 0.215. The maximum atomic E-state index is 6.20. The fraction of sp³-hybridized carbons (Fsp3) is 0.846. The van der Waals surface area contributed by atoms with Crippen LogP contribution in [0.5, 0.6) is 0 Å². The first-order valence-corrected chi connectivity index (χ1v) is 7.59. The van der Waals surface area contributed by atoms with E-state index in [1.54, 1.807) is 0 Å². The predicted octanol–water partition coefficient (Wildman–Crippen LogP) is 3.07. The van der Waals surface area contributed by atoms with Gasteiger partial charge in [0.25, 0.3) is 0 Å². The Labute approximate surface area is 103 Å². The lowest BCUT2D eigenvalue weighted by Crippen LogP contribution is -2.28. The molecule has 1 atom stereocenters. The van der Waals surface area contributed by atoms with Crippen LogP contribution in [0.2, 0.25) is 0 Å². The van der Waals surface area contributed by atoms with Crippen LogP contribution in [0.3, 0.4) is 0 Å². The molecule has 1 aliphatic heterocycles. The van der Waals surface area contributed by atoms with Gasteiger partial charge in [-0.3, -0.25) is 0 Å². The number of nitrogens with two attached hydrogens (primary N) is 1. The highest BCUT2D eigenvalue weighted by atomic mass is 32.2.